The molecule has 1 aromatic rings. The van der Waals surface area contributed by atoms with E-state index in [1.54, 1.807) is 6.07 Å². The lowest BCUT2D eigenvalue weighted by Gasteiger charge is -2.26. The Morgan fingerprint density at radius 1 is 1.31 bits per heavy atom. The van der Waals surface area contributed by atoms with Crippen LogP contribution in [0.15, 0.2) is 18.2 Å². The monoisotopic (exact) mass is 260 g/mol. The van der Waals surface area contributed by atoms with Crippen LogP contribution in [0.25, 0.3) is 0 Å². The van der Waals surface area contributed by atoms with Crippen LogP contribution >= 0.6 is 23.2 Å². The predicted octanol–water partition coefficient (Wildman–Crippen LogP) is 3.16. The Labute approximate surface area is 107 Å². The summed E-state index contributed by atoms with van der Waals surface area (Å²) in [4.78, 5) is 2.15. The summed E-state index contributed by atoms with van der Waals surface area (Å²) in [7, 11) is 2.03. The van der Waals surface area contributed by atoms with Crippen LogP contribution < -0.4 is 5.73 Å². The predicted molar refractivity (Wildman–Crippen MR) is 71.1 cm³/mol. The van der Waals surface area contributed by atoms with E-state index >= 15 is 0 Å². The highest BCUT2D eigenvalue weighted by atomic mass is 35.5. The minimum Gasteiger partial charge on any atom is -0.324 e. The van der Waals surface area contributed by atoms with Gasteiger partial charge in [0.1, 0.15) is 0 Å². The molecule has 0 amide bonds. The zero-order valence-electron chi connectivity index (χ0n) is 9.93. The van der Waals surface area contributed by atoms with E-state index in [0.717, 1.165) is 18.7 Å². The summed E-state index contributed by atoms with van der Waals surface area (Å²) < 4.78 is 0. The lowest BCUT2D eigenvalue weighted by Crippen LogP contribution is -2.43. The van der Waals surface area contributed by atoms with Gasteiger partial charge in [-0.15, -0.1) is 0 Å². The van der Waals surface area contributed by atoms with Crippen LogP contribution in [0.3, 0.4) is 0 Å². The molecule has 0 unspecified atom stereocenters. The standard InChI is InChI=1S/C12H18Cl2N2/c1-12(2,15)8-16(3)7-9-4-5-10(13)6-11(9)14/h4-6H,7-8,15H2,1-3H3. The first-order valence-corrected chi connectivity index (χ1v) is 5.95. The third kappa shape index (κ3) is 4.71. The molecule has 0 radical (unpaired) electrons. The molecule has 1 rings (SSSR count). The fraction of sp³-hybridized carbons (Fsp3) is 0.500. The number of nitrogens with zero attached hydrogens (tertiary/aromatic N) is 1. The number of halogens is 2. The van der Waals surface area contributed by atoms with Crippen molar-refractivity contribution in [1.82, 2.24) is 4.90 Å². The summed E-state index contributed by atoms with van der Waals surface area (Å²) in [6.07, 6.45) is 0. The number of hydrogen-bond donors (Lipinski definition) is 1. The lowest BCUT2D eigenvalue weighted by molar-refractivity contribution is 0.263. The third-order valence-corrected chi connectivity index (χ3v) is 2.72. The van der Waals surface area contributed by atoms with Gasteiger partial charge in [-0.3, -0.25) is 0 Å². The van der Waals surface area contributed by atoms with Crippen molar-refractivity contribution in [3.8, 4) is 0 Å². The van der Waals surface area contributed by atoms with Crippen molar-refractivity contribution in [3.05, 3.63) is 33.8 Å². The van der Waals surface area contributed by atoms with Crippen LogP contribution in [0.2, 0.25) is 10.0 Å². The Balaban J connectivity index is 2.66. The molecule has 0 aliphatic rings. The maximum atomic E-state index is 6.10. The average Bonchev–Trinajstić information content (AvgIpc) is 2.06. The van der Waals surface area contributed by atoms with Crippen molar-refractivity contribution in [1.29, 1.82) is 0 Å². The van der Waals surface area contributed by atoms with Crippen LogP contribution in [0.4, 0.5) is 0 Å². The van der Waals surface area contributed by atoms with Gasteiger partial charge in [-0.2, -0.15) is 0 Å². The molecule has 0 atom stereocenters. The Bertz CT molecular complexity index is 359. The summed E-state index contributed by atoms with van der Waals surface area (Å²) in [5.74, 6) is 0. The summed E-state index contributed by atoms with van der Waals surface area (Å²) in [5, 5.41) is 1.37. The van der Waals surface area contributed by atoms with Gasteiger partial charge in [-0.25, -0.2) is 0 Å². The molecular weight excluding hydrogens is 243 g/mol. The Kier molecular flexibility index (Phi) is 4.62. The fourth-order valence-corrected chi connectivity index (χ4v) is 2.16. The van der Waals surface area contributed by atoms with Gasteiger partial charge in [0.05, 0.1) is 0 Å². The van der Waals surface area contributed by atoms with Crippen molar-refractivity contribution < 1.29 is 0 Å². The molecule has 0 spiro atoms. The molecule has 4 heteroatoms. The summed E-state index contributed by atoms with van der Waals surface area (Å²) in [6, 6.07) is 5.56. The fourth-order valence-electron chi connectivity index (χ4n) is 1.69. The van der Waals surface area contributed by atoms with E-state index in [2.05, 4.69) is 4.90 Å². The van der Waals surface area contributed by atoms with Gasteiger partial charge in [-0.05, 0) is 38.6 Å². The molecule has 0 bridgehead atoms. The molecule has 0 saturated carbocycles. The van der Waals surface area contributed by atoms with E-state index in [-0.39, 0.29) is 5.54 Å². The van der Waals surface area contributed by atoms with E-state index in [1.807, 2.05) is 33.0 Å². The quantitative estimate of drug-likeness (QED) is 0.902. The van der Waals surface area contributed by atoms with Crippen molar-refractivity contribution >= 4 is 23.2 Å². The van der Waals surface area contributed by atoms with Crippen LogP contribution in [-0.2, 0) is 6.54 Å². The number of likely N-dealkylation sites (N-methyl/N-ethyl adjacent to an activating group) is 1. The topological polar surface area (TPSA) is 29.3 Å². The second kappa shape index (κ2) is 5.37. The van der Waals surface area contributed by atoms with Crippen molar-refractivity contribution in [2.75, 3.05) is 13.6 Å². The number of hydrogen-bond acceptors (Lipinski definition) is 2. The Morgan fingerprint density at radius 2 is 1.94 bits per heavy atom. The van der Waals surface area contributed by atoms with Gasteiger partial charge in [-0.1, -0.05) is 29.3 Å². The van der Waals surface area contributed by atoms with Crippen LogP contribution in [0, 0.1) is 0 Å². The highest BCUT2D eigenvalue weighted by molar-refractivity contribution is 6.35. The van der Waals surface area contributed by atoms with E-state index in [0.29, 0.717) is 10.0 Å². The lowest BCUT2D eigenvalue weighted by atomic mass is 10.1. The van der Waals surface area contributed by atoms with E-state index in [1.165, 1.54) is 0 Å². The van der Waals surface area contributed by atoms with E-state index < -0.39 is 0 Å². The molecule has 16 heavy (non-hydrogen) atoms. The Hall–Kier alpha value is -0.280. The normalized spacial score (nSPS) is 12.2. The molecule has 0 heterocycles. The number of nitrogens with two attached hydrogens (primary N) is 1. The highest BCUT2D eigenvalue weighted by Gasteiger charge is 2.14. The first kappa shape index (κ1) is 13.8. The van der Waals surface area contributed by atoms with Gasteiger partial charge in [0, 0.05) is 28.7 Å². The minimum absolute atomic E-state index is 0.201. The molecule has 0 aromatic heterocycles. The van der Waals surface area contributed by atoms with Gasteiger partial charge in [0.15, 0.2) is 0 Å². The molecule has 0 fully saturated rings. The van der Waals surface area contributed by atoms with Crippen molar-refractivity contribution in [2.24, 2.45) is 5.73 Å². The Morgan fingerprint density at radius 3 is 2.44 bits per heavy atom. The maximum absolute atomic E-state index is 6.10. The highest BCUT2D eigenvalue weighted by Crippen LogP contribution is 2.22. The molecule has 90 valence electrons. The van der Waals surface area contributed by atoms with Crippen molar-refractivity contribution in [3.63, 3.8) is 0 Å². The van der Waals surface area contributed by atoms with E-state index in [9.17, 15) is 0 Å². The largest absolute Gasteiger partial charge is 0.324 e. The van der Waals surface area contributed by atoms with Gasteiger partial charge < -0.3 is 10.6 Å². The smallest absolute Gasteiger partial charge is 0.0465 e. The van der Waals surface area contributed by atoms with E-state index in [4.69, 9.17) is 28.9 Å². The van der Waals surface area contributed by atoms with Crippen LogP contribution in [0.1, 0.15) is 19.4 Å². The molecular formula is C12H18Cl2N2. The first-order valence-electron chi connectivity index (χ1n) is 5.19. The van der Waals surface area contributed by atoms with Gasteiger partial charge in [0.2, 0.25) is 0 Å². The van der Waals surface area contributed by atoms with Gasteiger partial charge >= 0.3 is 0 Å². The maximum Gasteiger partial charge on any atom is 0.0465 e. The molecule has 1 aromatic carbocycles. The zero-order chi connectivity index (χ0) is 12.3. The van der Waals surface area contributed by atoms with Crippen LogP contribution in [0.5, 0.6) is 0 Å². The molecule has 0 aliphatic carbocycles. The second-order valence-electron chi connectivity index (χ2n) is 4.90. The minimum atomic E-state index is -0.201. The van der Waals surface area contributed by atoms with Crippen molar-refractivity contribution in [2.45, 2.75) is 25.9 Å². The summed E-state index contributed by atoms with van der Waals surface area (Å²) in [6.45, 7) is 5.60. The van der Waals surface area contributed by atoms with Crippen LogP contribution in [-0.4, -0.2) is 24.0 Å². The SMILES string of the molecule is CN(Cc1ccc(Cl)cc1Cl)CC(C)(C)N. The molecule has 0 saturated heterocycles. The zero-order valence-corrected chi connectivity index (χ0v) is 11.4. The number of benzene rings is 1. The molecule has 0 aliphatic heterocycles. The average molecular weight is 261 g/mol. The molecule has 2 nitrogen and oxygen atoms in total. The summed E-state index contributed by atoms with van der Waals surface area (Å²) >= 11 is 11.9. The number of rotatable bonds is 4. The third-order valence-electron chi connectivity index (χ3n) is 2.13. The molecule has 2 N–H and O–H groups in total. The first-order chi connectivity index (χ1) is 7.28. The van der Waals surface area contributed by atoms with Gasteiger partial charge in [0.25, 0.3) is 0 Å². The second-order valence-corrected chi connectivity index (χ2v) is 5.74. The summed E-state index contributed by atoms with van der Waals surface area (Å²) in [5.41, 5.74) is 6.82.